The van der Waals surface area contributed by atoms with Gasteiger partial charge in [-0.2, -0.15) is 0 Å². The van der Waals surface area contributed by atoms with Crippen LogP contribution in [0.15, 0.2) is 37.9 Å². The summed E-state index contributed by atoms with van der Waals surface area (Å²) in [6, 6.07) is 6.01. The van der Waals surface area contributed by atoms with Crippen molar-refractivity contribution < 1.29 is 0 Å². The van der Waals surface area contributed by atoms with E-state index in [1.165, 1.54) is 11.8 Å². The average molecular weight is 321 g/mol. The number of thioether (sulfide) groups is 1. The highest BCUT2D eigenvalue weighted by Gasteiger charge is 2.29. The van der Waals surface area contributed by atoms with Gasteiger partial charge in [-0.05, 0) is 43.0 Å². The topological polar surface area (TPSA) is 101 Å². The van der Waals surface area contributed by atoms with Crippen LogP contribution in [0.1, 0.15) is 24.4 Å². The minimum absolute atomic E-state index is 0.0262. The number of nitrogen functional groups attached to an aromatic ring is 1. The van der Waals surface area contributed by atoms with Crippen molar-refractivity contribution in [2.45, 2.75) is 33.8 Å². The van der Waals surface area contributed by atoms with Gasteiger partial charge in [0.05, 0.1) is 0 Å². The molecule has 8 heteroatoms. The molecular formula is C13H15N5OS2. The van der Waals surface area contributed by atoms with E-state index in [0.29, 0.717) is 10.7 Å². The van der Waals surface area contributed by atoms with E-state index >= 15 is 0 Å². The van der Waals surface area contributed by atoms with Crippen molar-refractivity contribution in [1.29, 1.82) is 5.41 Å². The third-order valence-corrected chi connectivity index (χ3v) is 5.07. The summed E-state index contributed by atoms with van der Waals surface area (Å²) < 4.78 is 1.69. The van der Waals surface area contributed by atoms with Crippen LogP contribution in [-0.4, -0.2) is 26.9 Å². The molecule has 3 rings (SSSR count). The second kappa shape index (κ2) is 5.61. The summed E-state index contributed by atoms with van der Waals surface area (Å²) in [5.41, 5.74) is 6.25. The van der Waals surface area contributed by atoms with Crippen molar-refractivity contribution >= 4 is 29.4 Å². The highest BCUT2D eigenvalue weighted by molar-refractivity contribution is 7.99. The minimum atomic E-state index is -0.176. The van der Waals surface area contributed by atoms with E-state index in [2.05, 4.69) is 10.2 Å². The lowest BCUT2D eigenvalue weighted by Gasteiger charge is -2.11. The van der Waals surface area contributed by atoms with Crippen molar-refractivity contribution in [3.8, 4) is 0 Å². The molecule has 1 saturated carbocycles. The van der Waals surface area contributed by atoms with Crippen molar-refractivity contribution in [3.05, 3.63) is 34.2 Å². The number of benzene rings is 1. The monoisotopic (exact) mass is 321 g/mol. The Hall–Kier alpha value is -1.67. The predicted octanol–water partition coefficient (Wildman–Crippen LogP) is 2.06. The van der Waals surface area contributed by atoms with Crippen LogP contribution in [-0.2, 0) is 0 Å². The van der Waals surface area contributed by atoms with Gasteiger partial charge >= 0.3 is 5.69 Å². The fourth-order valence-corrected chi connectivity index (χ4v) is 3.94. The lowest BCUT2D eigenvalue weighted by Crippen LogP contribution is -2.16. The zero-order valence-electron chi connectivity index (χ0n) is 11.4. The van der Waals surface area contributed by atoms with Crippen LogP contribution in [0.5, 0.6) is 0 Å². The first-order chi connectivity index (χ1) is 10.1. The number of hydrogen-bond acceptors (Lipinski definition) is 5. The van der Waals surface area contributed by atoms with E-state index in [4.69, 9.17) is 11.1 Å². The zero-order chi connectivity index (χ0) is 15.0. The summed E-state index contributed by atoms with van der Waals surface area (Å²) in [6.07, 6.45) is 3.97. The molecule has 0 radical (unpaired) electrons. The minimum Gasteiger partial charge on any atom is -0.384 e. The van der Waals surface area contributed by atoms with Crippen molar-refractivity contribution in [3.63, 3.8) is 0 Å². The van der Waals surface area contributed by atoms with Gasteiger partial charge < -0.3 is 5.73 Å². The molecule has 1 aliphatic carbocycles. The van der Waals surface area contributed by atoms with Gasteiger partial charge in [0, 0.05) is 21.4 Å². The summed E-state index contributed by atoms with van der Waals surface area (Å²) >= 11 is 2.92. The predicted molar refractivity (Wildman–Crippen MR) is 84.5 cm³/mol. The van der Waals surface area contributed by atoms with Crippen LogP contribution in [0.4, 0.5) is 0 Å². The van der Waals surface area contributed by atoms with Crippen molar-refractivity contribution in [2.75, 3.05) is 6.26 Å². The number of hydrogen-bond donors (Lipinski definition) is 3. The highest BCUT2D eigenvalue weighted by atomic mass is 32.2. The van der Waals surface area contributed by atoms with Gasteiger partial charge in [-0.1, -0.05) is 6.07 Å². The fraction of sp³-hybridized carbons (Fsp3) is 0.308. The van der Waals surface area contributed by atoms with E-state index in [9.17, 15) is 4.79 Å². The molecule has 0 aliphatic heterocycles. The smallest absolute Gasteiger partial charge is 0.344 e. The van der Waals surface area contributed by atoms with Crippen LogP contribution in [0.25, 0.3) is 0 Å². The molecule has 0 bridgehead atoms. The molecule has 21 heavy (non-hydrogen) atoms. The second-order valence-corrected chi connectivity index (χ2v) is 6.62. The molecule has 4 N–H and O–H groups in total. The number of H-pyrrole nitrogens is 1. The van der Waals surface area contributed by atoms with Crippen LogP contribution >= 0.6 is 23.5 Å². The number of nitrogens with two attached hydrogens (primary N) is 1. The Labute approximate surface area is 130 Å². The quantitative estimate of drug-likeness (QED) is 0.444. The maximum atomic E-state index is 11.8. The van der Waals surface area contributed by atoms with Crippen molar-refractivity contribution in [1.82, 2.24) is 14.8 Å². The lowest BCUT2D eigenvalue weighted by molar-refractivity contribution is 0.642. The van der Waals surface area contributed by atoms with Crippen molar-refractivity contribution in [2.24, 2.45) is 5.73 Å². The first kappa shape index (κ1) is 14.3. The molecule has 2 aromatic rings. The maximum Gasteiger partial charge on any atom is 0.344 e. The Morgan fingerprint density at radius 3 is 2.81 bits per heavy atom. The number of nitrogens with zero attached hydrogens (tertiary/aromatic N) is 2. The van der Waals surface area contributed by atoms with Gasteiger partial charge in [0.1, 0.15) is 5.84 Å². The zero-order valence-corrected chi connectivity index (χ0v) is 13.1. The molecule has 0 spiro atoms. The van der Waals surface area contributed by atoms with Crippen LogP contribution in [0, 0.1) is 5.41 Å². The standard InChI is InChI=1S/C13H15N5OS2/c1-20-8-3-2-4-9(10(8)11(14)15)21-13-17-16-12(19)18(13)7-5-6-7/h2-4,7H,5-6H2,1H3,(H3,14,15)(H,16,19). The molecule has 0 saturated heterocycles. The Kier molecular flexibility index (Phi) is 3.81. The summed E-state index contributed by atoms with van der Waals surface area (Å²) in [6.45, 7) is 0. The average Bonchev–Trinajstić information content (AvgIpc) is 3.23. The highest BCUT2D eigenvalue weighted by Crippen LogP contribution is 2.39. The van der Waals surface area contributed by atoms with Gasteiger partial charge in [0.15, 0.2) is 5.16 Å². The number of rotatable bonds is 5. The molecule has 0 unspecified atom stereocenters. The molecular weight excluding hydrogens is 306 g/mol. The van der Waals surface area contributed by atoms with E-state index in [1.54, 1.807) is 16.3 Å². The molecule has 1 fully saturated rings. The maximum absolute atomic E-state index is 11.8. The normalized spacial score (nSPS) is 14.3. The first-order valence-corrected chi connectivity index (χ1v) is 8.52. The number of amidine groups is 1. The van der Waals surface area contributed by atoms with E-state index in [1.807, 2.05) is 24.5 Å². The largest absolute Gasteiger partial charge is 0.384 e. The summed E-state index contributed by atoms with van der Waals surface area (Å²) in [5.74, 6) is 0.0262. The Morgan fingerprint density at radius 1 is 1.48 bits per heavy atom. The third-order valence-electron chi connectivity index (χ3n) is 3.26. The van der Waals surface area contributed by atoms with E-state index in [-0.39, 0.29) is 17.6 Å². The van der Waals surface area contributed by atoms with Gasteiger partial charge in [0.25, 0.3) is 0 Å². The van der Waals surface area contributed by atoms with E-state index < -0.39 is 0 Å². The number of aromatic amines is 1. The van der Waals surface area contributed by atoms with Crippen LogP contribution in [0.2, 0.25) is 0 Å². The summed E-state index contributed by atoms with van der Waals surface area (Å²) in [7, 11) is 0. The van der Waals surface area contributed by atoms with Crippen LogP contribution < -0.4 is 11.4 Å². The van der Waals surface area contributed by atoms with Gasteiger partial charge in [-0.3, -0.25) is 9.98 Å². The number of aromatic nitrogens is 3. The molecule has 0 atom stereocenters. The second-order valence-electron chi connectivity index (χ2n) is 4.76. The van der Waals surface area contributed by atoms with E-state index in [0.717, 1.165) is 22.6 Å². The Bertz CT molecular complexity index is 747. The molecule has 0 amide bonds. The Balaban J connectivity index is 2.02. The van der Waals surface area contributed by atoms with Gasteiger partial charge in [-0.25, -0.2) is 9.89 Å². The molecule has 110 valence electrons. The first-order valence-electron chi connectivity index (χ1n) is 6.48. The Morgan fingerprint density at radius 2 is 2.19 bits per heavy atom. The number of nitrogens with one attached hydrogen (secondary N) is 2. The summed E-state index contributed by atoms with van der Waals surface area (Å²) in [4.78, 5) is 13.6. The van der Waals surface area contributed by atoms with Crippen LogP contribution in [0.3, 0.4) is 0 Å². The third kappa shape index (κ3) is 2.73. The SMILES string of the molecule is CSc1cccc(Sc2n[nH]c(=O)n2C2CC2)c1C(=N)N. The fourth-order valence-electron chi connectivity index (χ4n) is 2.15. The van der Waals surface area contributed by atoms with Gasteiger partial charge in [-0.15, -0.1) is 16.9 Å². The molecule has 1 aromatic heterocycles. The molecule has 1 aromatic carbocycles. The molecule has 1 heterocycles. The van der Waals surface area contributed by atoms with Gasteiger partial charge in [0.2, 0.25) is 0 Å². The lowest BCUT2D eigenvalue weighted by atomic mass is 10.2. The summed E-state index contributed by atoms with van der Waals surface area (Å²) in [5, 5.41) is 15.0. The molecule has 6 nitrogen and oxygen atoms in total. The molecule has 1 aliphatic rings.